The van der Waals surface area contributed by atoms with E-state index < -0.39 is 0 Å². The average molecular weight is 358 g/mol. The molecule has 0 unspecified atom stereocenters. The lowest BCUT2D eigenvalue weighted by atomic mass is 10.1. The third-order valence-corrected chi connectivity index (χ3v) is 4.21. The number of nitrogens with zero attached hydrogens (tertiary/aromatic N) is 2. The zero-order valence-corrected chi connectivity index (χ0v) is 14.8. The number of aryl methyl sites for hydroxylation is 1. The second kappa shape index (κ2) is 7.65. The van der Waals surface area contributed by atoms with E-state index in [0.717, 1.165) is 41.4 Å². The van der Waals surface area contributed by atoms with Gasteiger partial charge in [-0.05, 0) is 31.0 Å². The molecule has 3 nitrogen and oxygen atoms in total. The highest BCUT2D eigenvalue weighted by atomic mass is 35.5. The smallest absolute Gasteiger partial charge is 0.130 e. The predicted octanol–water partition coefficient (Wildman–Crippen LogP) is 5.41. The van der Waals surface area contributed by atoms with Crippen LogP contribution in [0.25, 0.3) is 11.3 Å². The number of aromatic nitrogens is 2. The van der Waals surface area contributed by atoms with Crippen LogP contribution >= 0.6 is 23.2 Å². The van der Waals surface area contributed by atoms with Gasteiger partial charge in [-0.2, -0.15) is 0 Å². The molecule has 1 heterocycles. The molecule has 1 aromatic heterocycles. The standard InChI is InChI=1S/C19H17Cl2N3/c1-13-23-18(15-5-3-2-4-6-15)12-19(24-13)22-10-9-14-7-8-16(20)11-17(14)21/h2-8,11-12H,9-10H2,1H3,(H,22,23,24). The Hall–Kier alpha value is -2.10. The summed E-state index contributed by atoms with van der Waals surface area (Å²) in [6.45, 7) is 2.62. The molecule has 0 amide bonds. The molecule has 0 spiro atoms. The van der Waals surface area contributed by atoms with E-state index >= 15 is 0 Å². The summed E-state index contributed by atoms with van der Waals surface area (Å²) in [6.07, 6.45) is 0.791. The molecule has 5 heteroatoms. The Balaban J connectivity index is 1.70. The number of nitrogens with one attached hydrogen (secondary N) is 1. The summed E-state index contributed by atoms with van der Waals surface area (Å²) in [6, 6.07) is 17.6. The SMILES string of the molecule is Cc1nc(NCCc2ccc(Cl)cc2Cl)cc(-c2ccccc2)n1. The minimum absolute atomic E-state index is 0.649. The fourth-order valence-electron chi connectivity index (χ4n) is 2.46. The number of rotatable bonds is 5. The molecule has 3 rings (SSSR count). The van der Waals surface area contributed by atoms with E-state index in [1.165, 1.54) is 0 Å². The van der Waals surface area contributed by atoms with Gasteiger partial charge in [-0.15, -0.1) is 0 Å². The van der Waals surface area contributed by atoms with Gasteiger partial charge < -0.3 is 5.32 Å². The lowest BCUT2D eigenvalue weighted by Gasteiger charge is -2.10. The zero-order valence-electron chi connectivity index (χ0n) is 13.3. The first-order valence-corrected chi connectivity index (χ1v) is 8.46. The molecule has 122 valence electrons. The van der Waals surface area contributed by atoms with E-state index in [1.807, 2.05) is 55.5 Å². The quantitative estimate of drug-likeness (QED) is 0.662. The van der Waals surface area contributed by atoms with Crippen LogP contribution in [0.4, 0.5) is 5.82 Å². The molecule has 0 radical (unpaired) electrons. The van der Waals surface area contributed by atoms with E-state index in [0.29, 0.717) is 10.0 Å². The Bertz CT molecular complexity index is 835. The van der Waals surface area contributed by atoms with Gasteiger partial charge in [0.15, 0.2) is 0 Å². The topological polar surface area (TPSA) is 37.8 Å². The fraction of sp³-hybridized carbons (Fsp3) is 0.158. The van der Waals surface area contributed by atoms with Crippen LogP contribution in [0.1, 0.15) is 11.4 Å². The number of anilines is 1. The molecule has 0 aliphatic rings. The van der Waals surface area contributed by atoms with Gasteiger partial charge in [0.1, 0.15) is 11.6 Å². The van der Waals surface area contributed by atoms with E-state index in [4.69, 9.17) is 23.2 Å². The molecule has 0 atom stereocenters. The third-order valence-electron chi connectivity index (χ3n) is 3.62. The summed E-state index contributed by atoms with van der Waals surface area (Å²) < 4.78 is 0. The summed E-state index contributed by atoms with van der Waals surface area (Å²) >= 11 is 12.1. The Kier molecular flexibility index (Phi) is 5.34. The van der Waals surface area contributed by atoms with Gasteiger partial charge in [-0.1, -0.05) is 59.6 Å². The van der Waals surface area contributed by atoms with Crippen LogP contribution in [-0.2, 0) is 6.42 Å². The minimum Gasteiger partial charge on any atom is -0.370 e. The summed E-state index contributed by atoms with van der Waals surface area (Å²) in [5, 5.41) is 4.68. The molecular formula is C19H17Cl2N3. The Morgan fingerprint density at radius 1 is 0.958 bits per heavy atom. The summed E-state index contributed by atoms with van der Waals surface area (Å²) in [5.74, 6) is 1.55. The van der Waals surface area contributed by atoms with Crippen LogP contribution < -0.4 is 5.32 Å². The van der Waals surface area contributed by atoms with Crippen molar-refractivity contribution in [3.8, 4) is 11.3 Å². The molecule has 0 bridgehead atoms. The van der Waals surface area contributed by atoms with Crippen LogP contribution in [0.5, 0.6) is 0 Å². The van der Waals surface area contributed by atoms with Crippen LogP contribution in [0, 0.1) is 6.92 Å². The molecular weight excluding hydrogens is 341 g/mol. The van der Waals surface area contributed by atoms with Crippen molar-refractivity contribution in [2.75, 3.05) is 11.9 Å². The molecule has 0 aliphatic heterocycles. The lowest BCUT2D eigenvalue weighted by Crippen LogP contribution is -2.08. The van der Waals surface area contributed by atoms with Crippen molar-refractivity contribution in [3.05, 3.63) is 76.0 Å². The van der Waals surface area contributed by atoms with Crippen LogP contribution in [-0.4, -0.2) is 16.5 Å². The molecule has 0 saturated heterocycles. The molecule has 0 aliphatic carbocycles. The Morgan fingerprint density at radius 3 is 2.50 bits per heavy atom. The first-order valence-electron chi connectivity index (χ1n) is 7.71. The lowest BCUT2D eigenvalue weighted by molar-refractivity contribution is 0.983. The average Bonchev–Trinajstić information content (AvgIpc) is 2.57. The predicted molar refractivity (Wildman–Crippen MR) is 101 cm³/mol. The van der Waals surface area contributed by atoms with Crippen molar-refractivity contribution in [2.45, 2.75) is 13.3 Å². The van der Waals surface area contributed by atoms with E-state index in [2.05, 4.69) is 15.3 Å². The monoisotopic (exact) mass is 357 g/mol. The second-order valence-electron chi connectivity index (χ2n) is 5.46. The van der Waals surface area contributed by atoms with E-state index in [-0.39, 0.29) is 0 Å². The summed E-state index contributed by atoms with van der Waals surface area (Å²) in [7, 11) is 0. The van der Waals surface area contributed by atoms with Crippen molar-refractivity contribution >= 4 is 29.0 Å². The highest BCUT2D eigenvalue weighted by Crippen LogP contribution is 2.22. The fourth-order valence-corrected chi connectivity index (χ4v) is 2.97. The molecule has 0 saturated carbocycles. The second-order valence-corrected chi connectivity index (χ2v) is 6.31. The minimum atomic E-state index is 0.649. The van der Waals surface area contributed by atoms with Gasteiger partial charge in [0, 0.05) is 28.2 Å². The Morgan fingerprint density at radius 2 is 1.75 bits per heavy atom. The van der Waals surface area contributed by atoms with E-state index in [1.54, 1.807) is 6.07 Å². The molecule has 3 aromatic rings. The maximum Gasteiger partial charge on any atom is 0.130 e. The molecule has 0 fully saturated rings. The number of halogens is 2. The van der Waals surface area contributed by atoms with Crippen molar-refractivity contribution in [1.29, 1.82) is 0 Å². The highest BCUT2D eigenvalue weighted by Gasteiger charge is 2.05. The van der Waals surface area contributed by atoms with Gasteiger partial charge in [-0.3, -0.25) is 0 Å². The summed E-state index contributed by atoms with van der Waals surface area (Å²) in [4.78, 5) is 8.96. The number of hydrogen-bond donors (Lipinski definition) is 1. The van der Waals surface area contributed by atoms with Gasteiger partial charge in [-0.25, -0.2) is 9.97 Å². The highest BCUT2D eigenvalue weighted by molar-refractivity contribution is 6.35. The Labute approximate surface area is 151 Å². The zero-order chi connectivity index (χ0) is 16.9. The first kappa shape index (κ1) is 16.7. The van der Waals surface area contributed by atoms with Crippen LogP contribution in [0.15, 0.2) is 54.6 Å². The van der Waals surface area contributed by atoms with Gasteiger partial charge >= 0.3 is 0 Å². The first-order chi connectivity index (χ1) is 11.6. The van der Waals surface area contributed by atoms with Gasteiger partial charge in [0.05, 0.1) is 5.69 Å². The van der Waals surface area contributed by atoms with Crippen molar-refractivity contribution in [3.63, 3.8) is 0 Å². The maximum absolute atomic E-state index is 6.20. The summed E-state index contributed by atoms with van der Waals surface area (Å²) in [5.41, 5.74) is 3.05. The molecule has 24 heavy (non-hydrogen) atoms. The normalized spacial score (nSPS) is 10.6. The van der Waals surface area contributed by atoms with Gasteiger partial charge in [0.2, 0.25) is 0 Å². The van der Waals surface area contributed by atoms with Crippen molar-refractivity contribution < 1.29 is 0 Å². The third kappa shape index (κ3) is 4.25. The van der Waals surface area contributed by atoms with Crippen molar-refractivity contribution in [2.24, 2.45) is 0 Å². The maximum atomic E-state index is 6.20. The van der Waals surface area contributed by atoms with Gasteiger partial charge in [0.25, 0.3) is 0 Å². The number of hydrogen-bond acceptors (Lipinski definition) is 3. The van der Waals surface area contributed by atoms with Crippen LogP contribution in [0.3, 0.4) is 0 Å². The van der Waals surface area contributed by atoms with Crippen LogP contribution in [0.2, 0.25) is 10.0 Å². The van der Waals surface area contributed by atoms with E-state index in [9.17, 15) is 0 Å². The van der Waals surface area contributed by atoms with Crippen molar-refractivity contribution in [1.82, 2.24) is 9.97 Å². The molecule has 1 N–H and O–H groups in total. The largest absolute Gasteiger partial charge is 0.370 e. The molecule has 2 aromatic carbocycles. The number of benzene rings is 2.